The molecule has 0 aromatic carbocycles. The predicted molar refractivity (Wildman–Crippen MR) is 85.7 cm³/mol. The fourth-order valence-electron chi connectivity index (χ4n) is 5.00. The highest BCUT2D eigenvalue weighted by molar-refractivity contribution is 6.40. The molecular formula is C17H30B2. The lowest BCUT2D eigenvalue weighted by Gasteiger charge is -2.48. The molecule has 0 heterocycles. The Hall–Kier alpha value is 0.130. The maximum atomic E-state index is 6.66. The van der Waals surface area contributed by atoms with E-state index in [-0.39, 0.29) is 5.41 Å². The van der Waals surface area contributed by atoms with Gasteiger partial charge in [0.05, 0.1) is 15.7 Å². The van der Waals surface area contributed by atoms with E-state index in [0.29, 0.717) is 0 Å². The van der Waals surface area contributed by atoms with Gasteiger partial charge in [0.2, 0.25) is 0 Å². The Balaban J connectivity index is 2.02. The van der Waals surface area contributed by atoms with Crippen molar-refractivity contribution in [2.45, 2.75) is 83.8 Å². The van der Waals surface area contributed by atoms with E-state index >= 15 is 0 Å². The van der Waals surface area contributed by atoms with Gasteiger partial charge in [-0.15, -0.1) is 0 Å². The Labute approximate surface area is 123 Å². The summed E-state index contributed by atoms with van der Waals surface area (Å²) in [6.45, 7) is 6.83. The average molecular weight is 256 g/mol. The van der Waals surface area contributed by atoms with Crippen molar-refractivity contribution in [1.29, 1.82) is 0 Å². The summed E-state index contributed by atoms with van der Waals surface area (Å²) in [6, 6.07) is 0. The third kappa shape index (κ3) is 3.08. The van der Waals surface area contributed by atoms with Crippen molar-refractivity contribution in [3.8, 4) is 0 Å². The second-order valence-electron chi connectivity index (χ2n) is 7.74. The van der Waals surface area contributed by atoms with Crippen LogP contribution in [-0.4, -0.2) is 15.7 Å². The van der Waals surface area contributed by atoms with Crippen LogP contribution >= 0.6 is 0 Å². The Morgan fingerprint density at radius 1 is 1.00 bits per heavy atom. The van der Waals surface area contributed by atoms with Gasteiger partial charge in [0.25, 0.3) is 0 Å². The van der Waals surface area contributed by atoms with Gasteiger partial charge < -0.3 is 0 Å². The predicted octanol–water partition coefficient (Wildman–Crippen LogP) is 4.87. The second-order valence-corrected chi connectivity index (χ2v) is 7.74. The molecule has 104 valence electrons. The third-order valence-electron chi connectivity index (χ3n) is 6.21. The van der Waals surface area contributed by atoms with Crippen molar-refractivity contribution in [3.05, 3.63) is 0 Å². The zero-order valence-electron chi connectivity index (χ0n) is 13.3. The van der Waals surface area contributed by atoms with Crippen LogP contribution in [0.5, 0.6) is 0 Å². The van der Waals surface area contributed by atoms with E-state index in [9.17, 15) is 0 Å². The van der Waals surface area contributed by atoms with Crippen LogP contribution in [0.4, 0.5) is 0 Å². The smallest absolute Gasteiger partial charge is 0.0628 e. The monoisotopic (exact) mass is 256 g/mol. The fraction of sp³-hybridized carbons (Fsp3) is 1.00. The first-order valence-corrected chi connectivity index (χ1v) is 8.49. The van der Waals surface area contributed by atoms with Crippen molar-refractivity contribution in [2.24, 2.45) is 23.2 Å². The van der Waals surface area contributed by atoms with Crippen molar-refractivity contribution in [2.75, 3.05) is 0 Å². The lowest BCUT2D eigenvalue weighted by atomic mass is 9.38. The van der Waals surface area contributed by atoms with Crippen molar-refractivity contribution in [1.82, 2.24) is 0 Å². The van der Waals surface area contributed by atoms with Gasteiger partial charge >= 0.3 is 0 Å². The van der Waals surface area contributed by atoms with Crippen molar-refractivity contribution >= 4 is 15.7 Å². The molecule has 2 heteroatoms. The zero-order chi connectivity index (χ0) is 14.1. The minimum atomic E-state index is -0.478. The summed E-state index contributed by atoms with van der Waals surface area (Å²) in [7, 11) is 13.3. The van der Waals surface area contributed by atoms with Crippen LogP contribution in [0.25, 0.3) is 0 Å². The molecule has 2 aliphatic carbocycles. The number of fused-ring (bicyclic) bond motifs is 2. The molecular weight excluding hydrogens is 226 g/mol. The van der Waals surface area contributed by atoms with Crippen molar-refractivity contribution in [3.63, 3.8) is 0 Å². The molecule has 2 saturated carbocycles. The number of rotatable bonds is 7. The zero-order valence-corrected chi connectivity index (χ0v) is 13.3. The molecule has 0 aliphatic heterocycles. The molecule has 2 aliphatic rings. The highest BCUT2D eigenvalue weighted by atomic mass is 14.5. The highest BCUT2D eigenvalue weighted by Gasteiger charge is 2.45. The molecule has 0 aromatic rings. The van der Waals surface area contributed by atoms with Crippen LogP contribution < -0.4 is 0 Å². The van der Waals surface area contributed by atoms with Crippen LogP contribution in [-0.2, 0) is 0 Å². The first-order chi connectivity index (χ1) is 8.92. The third-order valence-corrected chi connectivity index (χ3v) is 6.21. The van der Waals surface area contributed by atoms with E-state index in [1.807, 2.05) is 0 Å². The van der Waals surface area contributed by atoms with E-state index in [0.717, 1.165) is 37.0 Å². The summed E-state index contributed by atoms with van der Waals surface area (Å²) in [5, 5.41) is -0.478. The second kappa shape index (κ2) is 5.86. The van der Waals surface area contributed by atoms with Gasteiger partial charge in [-0.25, -0.2) is 0 Å². The number of hydrogen-bond donors (Lipinski definition) is 0. The molecule has 3 atom stereocenters. The summed E-state index contributed by atoms with van der Waals surface area (Å²) in [4.78, 5) is 0. The van der Waals surface area contributed by atoms with Crippen LogP contribution in [0.3, 0.4) is 0 Å². The van der Waals surface area contributed by atoms with Gasteiger partial charge in [0.1, 0.15) is 0 Å². The molecule has 2 rings (SSSR count). The fourth-order valence-corrected chi connectivity index (χ4v) is 5.00. The van der Waals surface area contributed by atoms with Crippen LogP contribution in [0.2, 0.25) is 5.21 Å². The largest absolute Gasteiger partial charge is 0.0935 e. The molecule has 0 saturated heterocycles. The highest BCUT2D eigenvalue weighted by Crippen LogP contribution is 2.57. The van der Waals surface area contributed by atoms with Crippen LogP contribution in [0.15, 0.2) is 0 Å². The summed E-state index contributed by atoms with van der Waals surface area (Å²) in [5.41, 5.74) is 0.109. The Kier molecular flexibility index (Phi) is 4.79. The molecule has 2 bridgehead atoms. The first kappa shape index (κ1) is 15.5. The van der Waals surface area contributed by atoms with Crippen LogP contribution in [0, 0.1) is 23.2 Å². The lowest BCUT2D eigenvalue weighted by molar-refractivity contribution is 0.176. The van der Waals surface area contributed by atoms with Crippen LogP contribution in [0.1, 0.15) is 78.6 Å². The van der Waals surface area contributed by atoms with Gasteiger partial charge in [-0.2, -0.15) is 0 Å². The van der Waals surface area contributed by atoms with Gasteiger partial charge in [-0.05, 0) is 55.3 Å². The van der Waals surface area contributed by atoms with Gasteiger partial charge in [0.15, 0.2) is 0 Å². The molecule has 3 unspecified atom stereocenters. The molecule has 19 heavy (non-hydrogen) atoms. The number of hydrogen-bond acceptors (Lipinski definition) is 0. The quantitative estimate of drug-likeness (QED) is 0.570. The van der Waals surface area contributed by atoms with E-state index in [2.05, 4.69) is 20.8 Å². The van der Waals surface area contributed by atoms with E-state index < -0.39 is 5.21 Å². The Morgan fingerprint density at radius 3 is 2.05 bits per heavy atom. The molecule has 4 radical (unpaired) electrons. The Bertz CT molecular complexity index is 292. The Morgan fingerprint density at radius 2 is 1.63 bits per heavy atom. The molecule has 0 spiro atoms. The summed E-state index contributed by atoms with van der Waals surface area (Å²) < 4.78 is 0. The van der Waals surface area contributed by atoms with Gasteiger partial charge in [-0.3, -0.25) is 0 Å². The van der Waals surface area contributed by atoms with Gasteiger partial charge in [0, 0.05) is 0 Å². The van der Waals surface area contributed by atoms with E-state index in [1.54, 1.807) is 0 Å². The average Bonchev–Trinajstić information content (AvgIpc) is 2.90. The lowest BCUT2D eigenvalue weighted by Crippen LogP contribution is -2.37. The van der Waals surface area contributed by atoms with E-state index in [4.69, 9.17) is 15.7 Å². The standard InChI is InChI=1S/C17H30B2/c1-4-8-16(3,9-5-2)17(18,19)12-15-11-13-6-7-14(15)10-13/h13-15H,4-12H2,1-3H3. The normalized spacial score (nSPS) is 31.0. The van der Waals surface area contributed by atoms with Gasteiger partial charge in [-0.1, -0.05) is 51.7 Å². The maximum absolute atomic E-state index is 6.66. The van der Waals surface area contributed by atoms with E-state index in [1.165, 1.54) is 38.5 Å². The molecule has 0 N–H and O–H groups in total. The summed E-state index contributed by atoms with van der Waals surface area (Å²) >= 11 is 0. The molecule has 0 amide bonds. The topological polar surface area (TPSA) is 0 Å². The minimum Gasteiger partial charge on any atom is -0.0935 e. The molecule has 0 aromatic heterocycles. The van der Waals surface area contributed by atoms with Crippen molar-refractivity contribution < 1.29 is 0 Å². The SMILES string of the molecule is [B]C([B])(CC1CC2CCC1C2)C(C)(CCC)CCC. The summed E-state index contributed by atoms with van der Waals surface area (Å²) in [5.74, 6) is 2.74. The maximum Gasteiger partial charge on any atom is 0.0628 e. The molecule has 0 nitrogen and oxygen atoms in total. The summed E-state index contributed by atoms with van der Waals surface area (Å²) in [6.07, 6.45) is 11.5. The minimum absolute atomic E-state index is 0.109. The first-order valence-electron chi connectivity index (χ1n) is 8.49. The molecule has 2 fully saturated rings.